The van der Waals surface area contributed by atoms with Crippen LogP contribution in [0.25, 0.3) is 0 Å². The Morgan fingerprint density at radius 2 is 1.30 bits per heavy atom. The first-order valence-corrected chi connectivity index (χ1v) is 12.5. The number of carboxylic acids is 1. The van der Waals surface area contributed by atoms with Gasteiger partial charge in [-0.05, 0) is 58.8 Å². The zero-order valence-electron chi connectivity index (χ0n) is 20.1. The van der Waals surface area contributed by atoms with Gasteiger partial charge in [0.15, 0.2) is 0 Å². The van der Waals surface area contributed by atoms with Gasteiger partial charge >= 0.3 is 5.97 Å². The number of rotatable bonds is 21. The highest BCUT2D eigenvalue weighted by atomic mass is 16.4. The first kappa shape index (κ1) is 28.7. The van der Waals surface area contributed by atoms with Crippen LogP contribution in [-0.4, -0.2) is 23.5 Å². The number of nitrogens with one attached hydrogen (secondary N) is 1. The smallest absolute Gasteiger partial charge is 0.309 e. The van der Waals surface area contributed by atoms with Crippen molar-refractivity contribution < 1.29 is 14.7 Å². The summed E-state index contributed by atoms with van der Waals surface area (Å²) in [5.41, 5.74) is -0.673. The summed E-state index contributed by atoms with van der Waals surface area (Å²) in [5, 5.41) is 12.0. The lowest BCUT2D eigenvalue weighted by molar-refractivity contribution is -0.147. The fourth-order valence-electron chi connectivity index (χ4n) is 3.47. The predicted octanol–water partition coefficient (Wildman–Crippen LogP) is 7.42. The Balaban J connectivity index is 3.35. The highest BCUT2D eigenvalue weighted by Crippen LogP contribution is 2.23. The summed E-state index contributed by atoms with van der Waals surface area (Å²) in [5.74, 6) is -0.624. The predicted molar refractivity (Wildman–Crippen MR) is 128 cm³/mol. The van der Waals surface area contributed by atoms with Crippen LogP contribution < -0.4 is 5.32 Å². The average Bonchev–Trinajstić information content (AvgIpc) is 2.70. The molecule has 0 heterocycles. The van der Waals surface area contributed by atoms with E-state index in [0.29, 0.717) is 19.4 Å². The van der Waals surface area contributed by atoms with E-state index in [2.05, 4.69) is 24.4 Å². The van der Waals surface area contributed by atoms with Crippen LogP contribution in [0.4, 0.5) is 0 Å². The third-order valence-corrected chi connectivity index (χ3v) is 5.80. The average molecular weight is 424 g/mol. The van der Waals surface area contributed by atoms with E-state index in [9.17, 15) is 9.59 Å². The van der Waals surface area contributed by atoms with Gasteiger partial charge in [-0.3, -0.25) is 9.59 Å². The van der Waals surface area contributed by atoms with Gasteiger partial charge in [0, 0.05) is 13.0 Å². The maximum atomic E-state index is 11.8. The molecule has 0 aliphatic rings. The molecule has 0 aliphatic heterocycles. The molecule has 0 aromatic heterocycles. The molecule has 0 bridgehead atoms. The van der Waals surface area contributed by atoms with Crippen molar-refractivity contribution in [3.8, 4) is 0 Å². The summed E-state index contributed by atoms with van der Waals surface area (Å²) < 4.78 is 0. The molecule has 0 aromatic carbocycles. The molecule has 0 rings (SSSR count). The molecule has 2 N–H and O–H groups in total. The monoisotopic (exact) mass is 423 g/mol. The molecular formula is C26H49NO3. The van der Waals surface area contributed by atoms with Crippen molar-refractivity contribution in [3.63, 3.8) is 0 Å². The van der Waals surface area contributed by atoms with Crippen LogP contribution in [0.2, 0.25) is 0 Å². The zero-order chi connectivity index (χ0) is 22.5. The van der Waals surface area contributed by atoms with Gasteiger partial charge in [0.2, 0.25) is 5.91 Å². The van der Waals surface area contributed by atoms with Crippen molar-refractivity contribution in [2.24, 2.45) is 5.41 Å². The Labute approximate surface area is 186 Å². The summed E-state index contributed by atoms with van der Waals surface area (Å²) in [7, 11) is 0. The molecule has 176 valence electrons. The largest absolute Gasteiger partial charge is 0.481 e. The topological polar surface area (TPSA) is 66.4 Å². The van der Waals surface area contributed by atoms with E-state index >= 15 is 0 Å². The lowest BCUT2D eigenvalue weighted by Gasteiger charge is -2.18. The molecule has 0 atom stereocenters. The van der Waals surface area contributed by atoms with Crippen molar-refractivity contribution in [1.82, 2.24) is 5.32 Å². The summed E-state index contributed by atoms with van der Waals surface area (Å²) in [4.78, 5) is 22.9. The van der Waals surface area contributed by atoms with E-state index < -0.39 is 11.4 Å². The third-order valence-electron chi connectivity index (χ3n) is 5.80. The molecule has 0 saturated carbocycles. The van der Waals surface area contributed by atoms with E-state index in [4.69, 9.17) is 5.11 Å². The molecule has 30 heavy (non-hydrogen) atoms. The Kier molecular flexibility index (Phi) is 18.8. The molecule has 0 fully saturated rings. The normalized spacial score (nSPS) is 11.8. The molecule has 0 unspecified atom stereocenters. The number of allylic oxidation sites excluding steroid dienone is 2. The number of aliphatic carboxylic acids is 1. The molecule has 0 radical (unpaired) electrons. The summed E-state index contributed by atoms with van der Waals surface area (Å²) in [6.45, 7) is 6.42. The van der Waals surface area contributed by atoms with Crippen LogP contribution >= 0.6 is 0 Å². The maximum Gasteiger partial charge on any atom is 0.309 e. The van der Waals surface area contributed by atoms with Crippen molar-refractivity contribution in [3.05, 3.63) is 12.2 Å². The van der Waals surface area contributed by atoms with Gasteiger partial charge in [0.05, 0.1) is 5.41 Å². The molecule has 0 spiro atoms. The van der Waals surface area contributed by atoms with E-state index in [1.165, 1.54) is 70.6 Å². The lowest BCUT2D eigenvalue weighted by atomic mass is 9.87. The van der Waals surface area contributed by atoms with Crippen LogP contribution in [0.1, 0.15) is 130 Å². The summed E-state index contributed by atoms with van der Waals surface area (Å²) >= 11 is 0. The summed E-state index contributed by atoms with van der Waals surface area (Å²) in [6, 6.07) is 0. The van der Waals surface area contributed by atoms with Crippen molar-refractivity contribution in [1.29, 1.82) is 0 Å². The van der Waals surface area contributed by atoms with Crippen LogP contribution in [0.3, 0.4) is 0 Å². The Morgan fingerprint density at radius 1 is 0.767 bits per heavy atom. The number of carbonyl (C=O) groups excluding carboxylic acids is 1. The zero-order valence-corrected chi connectivity index (χ0v) is 20.1. The standard InChI is InChI=1S/C26H49NO3/c1-4-5-6-7-8-9-10-11-12-13-14-15-16-17-18-21-24(28)27-23-20-19-22-26(2,3)25(29)30/h11-12H,4-10,13-23H2,1-3H3,(H,27,28)(H,29,30)/b12-11-. The molecule has 0 aromatic rings. The first-order chi connectivity index (χ1) is 14.4. The van der Waals surface area contributed by atoms with Gasteiger partial charge < -0.3 is 10.4 Å². The minimum absolute atomic E-state index is 0.130. The molecule has 0 saturated heterocycles. The molecular weight excluding hydrogens is 374 g/mol. The molecule has 0 aliphatic carbocycles. The highest BCUT2D eigenvalue weighted by molar-refractivity contribution is 5.75. The first-order valence-electron chi connectivity index (χ1n) is 12.5. The van der Waals surface area contributed by atoms with Crippen LogP contribution in [-0.2, 0) is 9.59 Å². The van der Waals surface area contributed by atoms with Crippen LogP contribution in [0.15, 0.2) is 12.2 Å². The van der Waals surface area contributed by atoms with E-state index in [1.807, 2.05) is 0 Å². The Morgan fingerprint density at radius 3 is 1.87 bits per heavy atom. The van der Waals surface area contributed by atoms with E-state index in [0.717, 1.165) is 25.7 Å². The third kappa shape index (κ3) is 18.7. The molecule has 4 heteroatoms. The SMILES string of the molecule is CCCCCCCC/C=C\CCCCCCCC(=O)NCCCCC(C)(C)C(=O)O. The second-order valence-corrected chi connectivity index (χ2v) is 9.33. The van der Waals surface area contributed by atoms with Gasteiger partial charge in [0.25, 0.3) is 0 Å². The minimum atomic E-state index is -0.754. The van der Waals surface area contributed by atoms with Gasteiger partial charge in [-0.15, -0.1) is 0 Å². The fraction of sp³-hybridized carbons (Fsp3) is 0.846. The van der Waals surface area contributed by atoms with Crippen LogP contribution in [0.5, 0.6) is 0 Å². The highest BCUT2D eigenvalue weighted by Gasteiger charge is 2.25. The lowest BCUT2D eigenvalue weighted by Crippen LogP contribution is -2.26. The Bertz CT molecular complexity index is 457. The number of carboxylic acid groups (broad SMARTS) is 1. The van der Waals surface area contributed by atoms with E-state index in [1.54, 1.807) is 13.8 Å². The quantitative estimate of drug-likeness (QED) is 0.149. The van der Waals surface area contributed by atoms with Gasteiger partial charge in [-0.1, -0.05) is 76.9 Å². The Hall–Kier alpha value is -1.32. The number of amides is 1. The number of carbonyl (C=O) groups is 2. The van der Waals surface area contributed by atoms with E-state index in [-0.39, 0.29) is 5.91 Å². The fourth-order valence-corrected chi connectivity index (χ4v) is 3.47. The molecule has 1 amide bonds. The van der Waals surface area contributed by atoms with Crippen LogP contribution in [0, 0.1) is 5.41 Å². The minimum Gasteiger partial charge on any atom is -0.481 e. The summed E-state index contributed by atoms with van der Waals surface area (Å²) in [6.07, 6.45) is 24.1. The second-order valence-electron chi connectivity index (χ2n) is 9.33. The van der Waals surface area contributed by atoms with Gasteiger partial charge in [0.1, 0.15) is 0 Å². The second kappa shape index (κ2) is 19.6. The van der Waals surface area contributed by atoms with Gasteiger partial charge in [-0.2, -0.15) is 0 Å². The van der Waals surface area contributed by atoms with Crippen molar-refractivity contribution >= 4 is 11.9 Å². The van der Waals surface area contributed by atoms with Crippen molar-refractivity contribution in [2.75, 3.05) is 6.54 Å². The molecule has 4 nitrogen and oxygen atoms in total. The number of hydrogen-bond donors (Lipinski definition) is 2. The van der Waals surface area contributed by atoms with Gasteiger partial charge in [-0.25, -0.2) is 0 Å². The maximum absolute atomic E-state index is 11.8. The van der Waals surface area contributed by atoms with Crippen molar-refractivity contribution in [2.45, 2.75) is 130 Å². The number of unbranched alkanes of at least 4 members (excludes halogenated alkanes) is 12. The number of hydrogen-bond acceptors (Lipinski definition) is 2.